The lowest BCUT2D eigenvalue weighted by molar-refractivity contribution is -0.192. The van der Waals surface area contributed by atoms with Crippen LogP contribution in [0.3, 0.4) is 0 Å². The number of carboxylic acid groups (broad SMARTS) is 1. The molecule has 3 heterocycles. The van der Waals surface area contributed by atoms with Gasteiger partial charge in [0.2, 0.25) is 0 Å². The zero-order valence-corrected chi connectivity index (χ0v) is 20.4. The number of aryl methyl sites for hydroxylation is 1. The Labute approximate surface area is 206 Å². The minimum absolute atomic E-state index is 0.0809. The molecule has 1 aromatic carbocycles. The average molecular weight is 508 g/mol. The molecule has 12 heteroatoms. The molecule has 0 atom stereocenters. The third-order valence-electron chi connectivity index (χ3n) is 5.90. The van der Waals surface area contributed by atoms with E-state index in [4.69, 9.17) is 19.6 Å². The van der Waals surface area contributed by atoms with Gasteiger partial charge >= 0.3 is 18.2 Å². The minimum atomic E-state index is -5.08. The van der Waals surface area contributed by atoms with Crippen molar-refractivity contribution in [2.75, 3.05) is 34.3 Å². The zero-order chi connectivity index (χ0) is 26.6. The van der Waals surface area contributed by atoms with E-state index in [-0.39, 0.29) is 6.03 Å². The lowest BCUT2D eigenvalue weighted by Gasteiger charge is -2.33. The fourth-order valence-corrected chi connectivity index (χ4v) is 3.96. The molecule has 0 unspecified atom stereocenters. The number of likely N-dealkylation sites (tertiary alicyclic amines) is 1. The van der Waals surface area contributed by atoms with Crippen LogP contribution in [0.25, 0.3) is 22.3 Å². The first-order chi connectivity index (χ1) is 16.9. The highest BCUT2D eigenvalue weighted by Gasteiger charge is 2.38. The minimum Gasteiger partial charge on any atom is -0.497 e. The second kappa shape index (κ2) is 10.8. The molecule has 36 heavy (non-hydrogen) atoms. The summed E-state index contributed by atoms with van der Waals surface area (Å²) < 4.78 is 39.1. The number of hydrogen-bond donors (Lipinski definition) is 1. The van der Waals surface area contributed by atoms with Crippen molar-refractivity contribution in [3.8, 4) is 17.0 Å². The molecule has 0 saturated carbocycles. The van der Waals surface area contributed by atoms with Gasteiger partial charge in [0, 0.05) is 51.4 Å². The topological polar surface area (TPSA) is 101 Å². The number of halogens is 3. The summed E-state index contributed by atoms with van der Waals surface area (Å²) in [5.74, 6) is -1.61. The summed E-state index contributed by atoms with van der Waals surface area (Å²) in [6.07, 6.45) is -1.42. The van der Waals surface area contributed by atoms with E-state index in [2.05, 4.69) is 11.1 Å². The van der Waals surface area contributed by atoms with Gasteiger partial charge in [-0.25, -0.2) is 14.6 Å². The lowest BCUT2D eigenvalue weighted by Crippen LogP contribution is -2.43. The Bertz CT molecular complexity index is 1220. The van der Waals surface area contributed by atoms with Crippen molar-refractivity contribution in [2.45, 2.75) is 24.9 Å². The van der Waals surface area contributed by atoms with E-state index >= 15 is 0 Å². The molecule has 1 N–H and O–H groups in total. The van der Waals surface area contributed by atoms with E-state index in [9.17, 15) is 18.0 Å². The predicted octanol–water partition coefficient (Wildman–Crippen LogP) is 4.14. The number of ether oxygens (including phenoxy) is 1. The van der Waals surface area contributed by atoms with E-state index in [1.165, 1.54) is 0 Å². The molecule has 0 spiro atoms. The Kier molecular flexibility index (Phi) is 8.06. The third kappa shape index (κ3) is 6.04. The molecule has 1 aliphatic heterocycles. The molecule has 2 aromatic heterocycles. The number of carboxylic acids is 1. The Morgan fingerprint density at radius 2 is 1.72 bits per heavy atom. The van der Waals surface area contributed by atoms with Crippen LogP contribution in [0.4, 0.5) is 18.0 Å². The highest BCUT2D eigenvalue weighted by molar-refractivity contribution is 5.90. The zero-order valence-electron chi connectivity index (χ0n) is 20.4. The summed E-state index contributed by atoms with van der Waals surface area (Å²) in [7, 11) is 7.27. The number of hydrogen-bond acceptors (Lipinski definition) is 5. The molecular formula is C24H28F3N5O4. The molecule has 0 radical (unpaired) electrons. The van der Waals surface area contributed by atoms with Crippen LogP contribution in [-0.4, -0.2) is 81.9 Å². The van der Waals surface area contributed by atoms with Crippen molar-refractivity contribution in [1.82, 2.24) is 24.3 Å². The van der Waals surface area contributed by atoms with Gasteiger partial charge in [-0.05, 0) is 43.2 Å². The van der Waals surface area contributed by atoms with Crippen LogP contribution in [0, 0.1) is 0 Å². The number of carbonyl (C=O) groups is 2. The Morgan fingerprint density at radius 3 is 2.22 bits per heavy atom. The first kappa shape index (κ1) is 26.8. The Hall–Kier alpha value is -3.83. The summed E-state index contributed by atoms with van der Waals surface area (Å²) in [4.78, 5) is 34.3. The molecule has 2 amide bonds. The first-order valence-electron chi connectivity index (χ1n) is 11.1. The van der Waals surface area contributed by atoms with E-state index < -0.39 is 12.1 Å². The number of aliphatic carboxylic acids is 1. The van der Waals surface area contributed by atoms with Gasteiger partial charge in [0.15, 0.2) is 0 Å². The largest absolute Gasteiger partial charge is 0.497 e. The number of benzene rings is 1. The smallest absolute Gasteiger partial charge is 0.490 e. The fraction of sp³-hybridized carbons (Fsp3) is 0.417. The van der Waals surface area contributed by atoms with Gasteiger partial charge < -0.3 is 24.2 Å². The first-order valence-corrected chi connectivity index (χ1v) is 11.1. The summed E-state index contributed by atoms with van der Waals surface area (Å²) in [6.45, 7) is 1.51. The van der Waals surface area contributed by atoms with E-state index in [1.54, 1.807) is 26.1 Å². The van der Waals surface area contributed by atoms with Gasteiger partial charge in [-0.1, -0.05) is 0 Å². The highest BCUT2D eigenvalue weighted by Crippen LogP contribution is 2.33. The second-order valence-corrected chi connectivity index (χ2v) is 8.59. The summed E-state index contributed by atoms with van der Waals surface area (Å²) in [5, 5.41) is 7.12. The highest BCUT2D eigenvalue weighted by atomic mass is 19.4. The molecule has 4 rings (SSSR count). The fourth-order valence-electron chi connectivity index (χ4n) is 3.96. The monoisotopic (exact) mass is 507 g/mol. The van der Waals surface area contributed by atoms with Crippen LogP contribution in [0.5, 0.6) is 5.75 Å². The third-order valence-corrected chi connectivity index (χ3v) is 5.90. The van der Waals surface area contributed by atoms with Crippen molar-refractivity contribution in [2.24, 2.45) is 7.05 Å². The molecule has 1 aliphatic rings. The number of imidazole rings is 1. The van der Waals surface area contributed by atoms with E-state index in [0.29, 0.717) is 5.92 Å². The normalized spacial score (nSPS) is 14.2. The molecule has 1 saturated heterocycles. The predicted molar refractivity (Wildman–Crippen MR) is 127 cm³/mol. The summed E-state index contributed by atoms with van der Waals surface area (Å²) in [5.41, 5.74) is 4.97. The van der Waals surface area contributed by atoms with Gasteiger partial charge in [0.25, 0.3) is 0 Å². The molecule has 1 fully saturated rings. The van der Waals surface area contributed by atoms with Gasteiger partial charge in [0.05, 0.1) is 24.6 Å². The quantitative estimate of drug-likeness (QED) is 0.572. The Balaban J connectivity index is 0.000000454. The standard InChI is InChI=1S/C22H27N5O2.C2HF3O2/c1-25(2)22(28)27-11-9-15(10-12-27)18-13-19-21(23-14-26(19)3)20(24-18)16-5-7-17(29-4)8-6-16;3-2(4,5)1(6)7/h5-8,13-15H,9-12H2,1-4H3;(H,6,7). The Morgan fingerprint density at radius 1 is 1.14 bits per heavy atom. The van der Waals surface area contributed by atoms with E-state index in [0.717, 1.165) is 59.7 Å². The number of amides is 2. The molecule has 3 aromatic rings. The van der Waals surface area contributed by atoms with Crippen LogP contribution >= 0.6 is 0 Å². The number of fused-ring (bicyclic) bond motifs is 1. The maximum Gasteiger partial charge on any atom is 0.490 e. The van der Waals surface area contributed by atoms with E-state index in [1.807, 2.05) is 47.1 Å². The molecule has 0 bridgehead atoms. The SMILES string of the molecule is COc1ccc(-c2nc(C3CCN(C(=O)N(C)C)CC3)cc3c2ncn3C)cc1.O=C(O)C(F)(F)F. The van der Waals surface area contributed by atoms with Gasteiger partial charge in [-0.2, -0.15) is 13.2 Å². The van der Waals surface area contributed by atoms with Crippen molar-refractivity contribution in [3.63, 3.8) is 0 Å². The van der Waals surface area contributed by atoms with Gasteiger partial charge in [-0.15, -0.1) is 0 Å². The molecule has 9 nitrogen and oxygen atoms in total. The van der Waals surface area contributed by atoms with Gasteiger partial charge in [-0.3, -0.25) is 4.98 Å². The number of carbonyl (C=O) groups excluding carboxylic acids is 1. The lowest BCUT2D eigenvalue weighted by atomic mass is 9.92. The number of rotatable bonds is 3. The molecular weight excluding hydrogens is 479 g/mol. The maximum absolute atomic E-state index is 12.2. The number of urea groups is 1. The van der Waals surface area contributed by atoms with Crippen molar-refractivity contribution in [3.05, 3.63) is 42.4 Å². The van der Waals surface area contributed by atoms with Crippen molar-refractivity contribution in [1.29, 1.82) is 0 Å². The summed E-state index contributed by atoms with van der Waals surface area (Å²) >= 11 is 0. The molecule has 194 valence electrons. The maximum atomic E-state index is 12.2. The number of nitrogens with zero attached hydrogens (tertiary/aromatic N) is 5. The van der Waals surface area contributed by atoms with Crippen LogP contribution in [0.15, 0.2) is 36.7 Å². The second-order valence-electron chi connectivity index (χ2n) is 8.59. The van der Waals surface area contributed by atoms with Crippen molar-refractivity contribution >= 4 is 23.0 Å². The van der Waals surface area contributed by atoms with Crippen LogP contribution in [0.2, 0.25) is 0 Å². The van der Waals surface area contributed by atoms with Crippen molar-refractivity contribution < 1.29 is 32.6 Å². The van der Waals surface area contributed by atoms with Crippen LogP contribution < -0.4 is 4.74 Å². The number of piperidine rings is 1. The van der Waals surface area contributed by atoms with Crippen LogP contribution in [-0.2, 0) is 11.8 Å². The number of methoxy groups -OCH3 is 1. The number of pyridine rings is 1. The van der Waals surface area contributed by atoms with Crippen LogP contribution in [0.1, 0.15) is 24.5 Å². The summed E-state index contributed by atoms with van der Waals surface area (Å²) in [6, 6.07) is 10.2. The molecule has 0 aliphatic carbocycles. The van der Waals surface area contributed by atoms with Gasteiger partial charge in [0.1, 0.15) is 11.3 Å². The number of aromatic nitrogens is 3. The average Bonchev–Trinajstić information content (AvgIpc) is 3.23. The number of alkyl halides is 3.